The number of rotatable bonds is 0. The minimum atomic E-state index is 0.340. The normalized spacial score (nSPS) is 46.0. The van der Waals surface area contributed by atoms with E-state index in [1.54, 1.807) is 0 Å². The summed E-state index contributed by atoms with van der Waals surface area (Å²) >= 11 is 0. The molecule has 1 heteroatoms. The first-order valence-electron chi connectivity index (χ1n) is 3.80. The molecule has 1 aliphatic carbocycles. The molecule has 2 aliphatic rings. The third-order valence-electron chi connectivity index (χ3n) is 3.11. The van der Waals surface area contributed by atoms with Gasteiger partial charge in [-0.2, -0.15) is 0 Å². The van der Waals surface area contributed by atoms with Crippen LogP contribution in [0, 0.1) is 5.41 Å². The average Bonchev–Trinajstić information content (AvgIpc) is 2.41. The Balaban J connectivity index is 2.23. The fraction of sp³-hybridized carbons (Fsp3) is 1.00. The fourth-order valence-electron chi connectivity index (χ4n) is 2.00. The molecule has 1 atom stereocenters. The largest absolute Gasteiger partial charge is 0.369 e. The lowest BCUT2D eigenvalue weighted by Gasteiger charge is -2.22. The molecule has 1 saturated carbocycles. The molecule has 2 fully saturated rings. The SMILES string of the molecule is CC1(C)CCCC12CO2. The summed E-state index contributed by atoms with van der Waals surface area (Å²) in [6, 6.07) is 0. The van der Waals surface area contributed by atoms with Crippen LogP contribution in [0.3, 0.4) is 0 Å². The molecule has 1 saturated heterocycles. The van der Waals surface area contributed by atoms with Crippen LogP contribution >= 0.6 is 0 Å². The van der Waals surface area contributed by atoms with E-state index in [9.17, 15) is 0 Å². The van der Waals surface area contributed by atoms with E-state index in [2.05, 4.69) is 13.8 Å². The van der Waals surface area contributed by atoms with Crippen LogP contribution in [0.25, 0.3) is 0 Å². The molecule has 0 aromatic carbocycles. The molecule has 1 unspecified atom stereocenters. The molecule has 0 amide bonds. The van der Waals surface area contributed by atoms with Gasteiger partial charge in [0.15, 0.2) is 0 Å². The minimum Gasteiger partial charge on any atom is -0.369 e. The van der Waals surface area contributed by atoms with Crippen molar-refractivity contribution in [2.24, 2.45) is 5.41 Å². The Hall–Kier alpha value is -0.0400. The van der Waals surface area contributed by atoms with Crippen molar-refractivity contribution in [1.29, 1.82) is 0 Å². The van der Waals surface area contributed by atoms with Gasteiger partial charge in [0.2, 0.25) is 0 Å². The van der Waals surface area contributed by atoms with Gasteiger partial charge in [0.05, 0.1) is 12.2 Å². The van der Waals surface area contributed by atoms with Crippen molar-refractivity contribution in [3.8, 4) is 0 Å². The molecule has 2 rings (SSSR count). The number of ether oxygens (including phenoxy) is 1. The zero-order valence-electron chi connectivity index (χ0n) is 6.24. The molecule has 0 aromatic heterocycles. The molecule has 0 aromatic rings. The highest BCUT2D eigenvalue weighted by atomic mass is 16.6. The van der Waals surface area contributed by atoms with E-state index in [-0.39, 0.29) is 0 Å². The van der Waals surface area contributed by atoms with E-state index < -0.39 is 0 Å². The van der Waals surface area contributed by atoms with Crippen LogP contribution in [0.4, 0.5) is 0 Å². The second kappa shape index (κ2) is 1.34. The van der Waals surface area contributed by atoms with Gasteiger partial charge >= 0.3 is 0 Å². The number of hydrogen-bond donors (Lipinski definition) is 0. The van der Waals surface area contributed by atoms with Crippen molar-refractivity contribution >= 4 is 0 Å². The van der Waals surface area contributed by atoms with Crippen molar-refractivity contribution in [1.82, 2.24) is 0 Å². The van der Waals surface area contributed by atoms with Crippen LogP contribution in [0.1, 0.15) is 33.1 Å². The van der Waals surface area contributed by atoms with Gasteiger partial charge in [-0.1, -0.05) is 13.8 Å². The van der Waals surface area contributed by atoms with Gasteiger partial charge in [-0.3, -0.25) is 0 Å². The van der Waals surface area contributed by atoms with Gasteiger partial charge in [0.1, 0.15) is 0 Å². The maximum absolute atomic E-state index is 5.47. The highest BCUT2D eigenvalue weighted by Crippen LogP contribution is 2.55. The van der Waals surface area contributed by atoms with E-state index in [0.717, 1.165) is 6.61 Å². The summed E-state index contributed by atoms with van der Waals surface area (Å²) in [4.78, 5) is 0. The Bertz CT molecular complexity index is 130. The monoisotopic (exact) mass is 126 g/mol. The van der Waals surface area contributed by atoms with E-state index in [0.29, 0.717) is 11.0 Å². The Morgan fingerprint density at radius 2 is 1.89 bits per heavy atom. The Morgan fingerprint density at radius 1 is 1.22 bits per heavy atom. The summed E-state index contributed by atoms with van der Waals surface area (Å²) in [5, 5.41) is 0. The number of hydrogen-bond acceptors (Lipinski definition) is 1. The molecule has 9 heavy (non-hydrogen) atoms. The maximum Gasteiger partial charge on any atom is 0.0967 e. The van der Waals surface area contributed by atoms with Gasteiger partial charge in [0.25, 0.3) is 0 Å². The van der Waals surface area contributed by atoms with Crippen LogP contribution in [0.2, 0.25) is 0 Å². The third kappa shape index (κ3) is 0.586. The molecule has 52 valence electrons. The quantitative estimate of drug-likeness (QED) is 0.452. The van der Waals surface area contributed by atoms with Gasteiger partial charge in [-0.05, 0) is 24.7 Å². The van der Waals surface area contributed by atoms with Gasteiger partial charge in [0, 0.05) is 0 Å². The summed E-state index contributed by atoms with van der Waals surface area (Å²) < 4.78 is 5.47. The number of epoxide rings is 1. The molecule has 0 bridgehead atoms. The van der Waals surface area contributed by atoms with Crippen LogP contribution in [-0.2, 0) is 4.74 Å². The molecular weight excluding hydrogens is 112 g/mol. The van der Waals surface area contributed by atoms with Crippen molar-refractivity contribution in [2.75, 3.05) is 6.61 Å². The zero-order valence-corrected chi connectivity index (χ0v) is 6.24. The highest BCUT2D eigenvalue weighted by molar-refractivity contribution is 5.07. The topological polar surface area (TPSA) is 12.5 Å². The van der Waals surface area contributed by atoms with E-state index in [4.69, 9.17) is 4.74 Å². The maximum atomic E-state index is 5.47. The molecule has 1 aliphatic heterocycles. The molecule has 1 nitrogen and oxygen atoms in total. The summed E-state index contributed by atoms with van der Waals surface area (Å²) in [5.41, 5.74) is 0.819. The molecular formula is C8H14O. The van der Waals surface area contributed by atoms with E-state index in [1.807, 2.05) is 0 Å². The van der Waals surface area contributed by atoms with Gasteiger partial charge in [-0.15, -0.1) is 0 Å². The molecule has 0 N–H and O–H groups in total. The lowest BCUT2D eigenvalue weighted by Crippen LogP contribution is -2.26. The molecule has 1 heterocycles. The third-order valence-corrected chi connectivity index (χ3v) is 3.11. The average molecular weight is 126 g/mol. The summed E-state index contributed by atoms with van der Waals surface area (Å²) in [7, 11) is 0. The predicted molar refractivity (Wildman–Crippen MR) is 36.3 cm³/mol. The van der Waals surface area contributed by atoms with Crippen LogP contribution < -0.4 is 0 Å². The van der Waals surface area contributed by atoms with Crippen molar-refractivity contribution in [2.45, 2.75) is 38.7 Å². The first-order chi connectivity index (χ1) is 4.16. The zero-order chi connectivity index (χ0) is 6.54. The lowest BCUT2D eigenvalue weighted by molar-refractivity contribution is 0.173. The van der Waals surface area contributed by atoms with Crippen molar-refractivity contribution in [3.63, 3.8) is 0 Å². The van der Waals surface area contributed by atoms with Gasteiger partial charge < -0.3 is 4.74 Å². The Morgan fingerprint density at radius 3 is 2.11 bits per heavy atom. The predicted octanol–water partition coefficient (Wildman–Crippen LogP) is 1.97. The first-order valence-corrected chi connectivity index (χ1v) is 3.80. The minimum absolute atomic E-state index is 0.340. The van der Waals surface area contributed by atoms with Crippen molar-refractivity contribution in [3.05, 3.63) is 0 Å². The first kappa shape index (κ1) is 5.72. The Kier molecular flexibility index (Phi) is 0.852. The second-order valence-corrected chi connectivity index (χ2v) is 4.02. The summed E-state index contributed by atoms with van der Waals surface area (Å²) in [5.74, 6) is 0. The van der Waals surface area contributed by atoms with Crippen LogP contribution in [-0.4, -0.2) is 12.2 Å². The van der Waals surface area contributed by atoms with E-state index >= 15 is 0 Å². The van der Waals surface area contributed by atoms with E-state index in [1.165, 1.54) is 19.3 Å². The highest BCUT2D eigenvalue weighted by Gasteiger charge is 2.58. The van der Waals surface area contributed by atoms with Gasteiger partial charge in [-0.25, -0.2) is 0 Å². The van der Waals surface area contributed by atoms with Crippen LogP contribution in [0.5, 0.6) is 0 Å². The lowest BCUT2D eigenvalue weighted by atomic mass is 9.82. The second-order valence-electron chi connectivity index (χ2n) is 4.02. The fourth-order valence-corrected chi connectivity index (χ4v) is 2.00. The summed E-state index contributed by atoms with van der Waals surface area (Å²) in [6.45, 7) is 5.68. The standard InChI is InChI=1S/C8H14O/c1-7(2)4-3-5-8(7)6-9-8/h3-6H2,1-2H3. The van der Waals surface area contributed by atoms with Crippen molar-refractivity contribution < 1.29 is 4.74 Å². The Labute approximate surface area is 56.4 Å². The summed E-state index contributed by atoms with van der Waals surface area (Å²) in [6.07, 6.45) is 4.03. The van der Waals surface area contributed by atoms with Crippen LogP contribution in [0.15, 0.2) is 0 Å². The molecule has 1 spiro atoms. The smallest absolute Gasteiger partial charge is 0.0967 e. The molecule has 0 radical (unpaired) electrons.